The van der Waals surface area contributed by atoms with Crippen LogP contribution in [0.2, 0.25) is 0 Å². The standard InChI is InChI=1S/C2H4F2NO3.Li.H/c3-1-7-5(6)8-2-4;;/h1-2H2;;/q+1;;. The third-order valence-electron chi connectivity index (χ3n) is 0.308. The fourth-order valence-electron chi connectivity index (χ4n) is 0.117. The van der Waals surface area contributed by atoms with E-state index in [0.717, 1.165) is 0 Å². The van der Waals surface area contributed by atoms with Gasteiger partial charge in [0.15, 0.2) is 0 Å². The van der Waals surface area contributed by atoms with Gasteiger partial charge in [0, 0.05) is 0 Å². The third-order valence-corrected chi connectivity index (χ3v) is 0.308. The van der Waals surface area contributed by atoms with Crippen LogP contribution in [0.5, 0.6) is 0 Å². The quantitative estimate of drug-likeness (QED) is 0.398. The van der Waals surface area contributed by atoms with E-state index >= 15 is 0 Å². The van der Waals surface area contributed by atoms with E-state index in [9.17, 15) is 13.7 Å². The van der Waals surface area contributed by atoms with Crippen molar-refractivity contribution in [1.82, 2.24) is 0 Å². The maximum absolute atomic E-state index is 10.9. The molecule has 0 saturated carbocycles. The zero-order chi connectivity index (χ0) is 6.41. The van der Waals surface area contributed by atoms with Crippen LogP contribution in [0, 0.1) is 4.91 Å². The van der Waals surface area contributed by atoms with E-state index < -0.39 is 18.8 Å². The van der Waals surface area contributed by atoms with E-state index in [-0.39, 0.29) is 18.9 Å². The predicted molar refractivity (Wildman–Crippen MR) is 24.9 cm³/mol. The molecule has 0 bridgehead atoms. The van der Waals surface area contributed by atoms with Gasteiger partial charge >= 0.3 is 37.7 Å². The molecule has 4 nitrogen and oxygen atoms in total. The van der Waals surface area contributed by atoms with Crippen molar-refractivity contribution in [1.29, 1.82) is 0 Å². The van der Waals surface area contributed by atoms with Gasteiger partial charge in [-0.05, 0) is 0 Å². The molecule has 0 aromatic rings. The van der Waals surface area contributed by atoms with Crippen molar-refractivity contribution in [2.24, 2.45) is 0 Å². The number of nitrogens with zero attached hydrogens (tertiary/aromatic N) is 1. The van der Waals surface area contributed by atoms with Crippen LogP contribution in [0.15, 0.2) is 0 Å². The summed E-state index contributed by atoms with van der Waals surface area (Å²) in [5.74, 6) is 0. The molecule has 0 aromatic carbocycles. The SMILES string of the molecule is O=[N+](OCF)OCF.[LiH]. The summed E-state index contributed by atoms with van der Waals surface area (Å²) in [7, 11) is 0. The first-order valence-electron chi connectivity index (χ1n) is 1.66. The molecule has 0 saturated heterocycles. The van der Waals surface area contributed by atoms with Crippen LogP contribution in [0.1, 0.15) is 0 Å². The molecule has 0 aliphatic rings. The Balaban J connectivity index is 0. The maximum atomic E-state index is 10.9. The average Bonchev–Trinajstić information content (AvgIpc) is 1.68. The van der Waals surface area contributed by atoms with Crippen LogP contribution in [0.3, 0.4) is 0 Å². The summed E-state index contributed by atoms with van der Waals surface area (Å²) in [5, 5.41) is -0.639. The molecule has 0 aliphatic carbocycles. The van der Waals surface area contributed by atoms with E-state index in [1.165, 1.54) is 0 Å². The van der Waals surface area contributed by atoms with Crippen LogP contribution < -0.4 is 0 Å². The van der Waals surface area contributed by atoms with E-state index in [2.05, 4.69) is 9.68 Å². The van der Waals surface area contributed by atoms with E-state index in [4.69, 9.17) is 0 Å². The van der Waals surface area contributed by atoms with Crippen molar-refractivity contribution < 1.29 is 23.5 Å². The van der Waals surface area contributed by atoms with Crippen LogP contribution in [-0.4, -0.2) is 37.7 Å². The molecule has 9 heavy (non-hydrogen) atoms. The summed E-state index contributed by atoms with van der Waals surface area (Å²) in [6.07, 6.45) is 0. The Kier molecular flexibility index (Phi) is 9.74. The Bertz CT molecular complexity index is 74.2. The van der Waals surface area contributed by atoms with Crippen LogP contribution >= 0.6 is 0 Å². The Morgan fingerprint density at radius 3 is 1.78 bits per heavy atom. The zero-order valence-corrected chi connectivity index (χ0v) is 3.84. The first kappa shape index (κ1) is 11.5. The van der Waals surface area contributed by atoms with Crippen LogP contribution in [-0.2, 0) is 9.68 Å². The Morgan fingerprint density at radius 1 is 1.22 bits per heavy atom. The first-order chi connectivity index (χ1) is 3.81. The van der Waals surface area contributed by atoms with Gasteiger partial charge in [0.2, 0.25) is 0 Å². The van der Waals surface area contributed by atoms with Crippen molar-refractivity contribution in [3.8, 4) is 0 Å². The molecule has 0 amide bonds. The average molecular weight is 136 g/mol. The molecule has 0 rings (SSSR count). The molecule has 0 unspecified atom stereocenters. The van der Waals surface area contributed by atoms with Crippen LogP contribution in [0.4, 0.5) is 8.78 Å². The molecule has 0 fully saturated rings. The first-order valence-corrected chi connectivity index (χ1v) is 1.66. The minimum absolute atomic E-state index is 0. The fraction of sp³-hybridized carbons (Fsp3) is 1.00. The normalized spacial score (nSPS) is 7.33. The fourth-order valence-corrected chi connectivity index (χ4v) is 0.117. The molecular weight excluding hydrogens is 131 g/mol. The second-order valence-electron chi connectivity index (χ2n) is 0.700. The van der Waals surface area contributed by atoms with Gasteiger partial charge in [0.25, 0.3) is 0 Å². The molecule has 50 valence electrons. The van der Waals surface area contributed by atoms with Crippen molar-refractivity contribution in [3.05, 3.63) is 4.91 Å². The van der Waals surface area contributed by atoms with E-state index in [1.807, 2.05) is 0 Å². The van der Waals surface area contributed by atoms with E-state index in [0.29, 0.717) is 0 Å². The molecule has 7 heteroatoms. The molecule has 0 N–H and O–H groups in total. The third kappa shape index (κ3) is 7.66. The molecule has 0 aliphatic heterocycles. The summed E-state index contributed by atoms with van der Waals surface area (Å²) >= 11 is 0. The molecule has 0 radical (unpaired) electrons. The molecular formula is C2H5F2LiNO3+. The number of hydrogen-bond donors (Lipinski definition) is 0. The van der Waals surface area contributed by atoms with Gasteiger partial charge < -0.3 is 0 Å². The van der Waals surface area contributed by atoms with Gasteiger partial charge in [0.1, 0.15) is 4.91 Å². The molecule has 0 heterocycles. The van der Waals surface area contributed by atoms with Gasteiger partial charge in [-0.1, -0.05) is 0 Å². The van der Waals surface area contributed by atoms with Gasteiger partial charge in [-0.15, -0.1) is 0 Å². The number of alkyl halides is 2. The zero-order valence-electron chi connectivity index (χ0n) is 3.84. The van der Waals surface area contributed by atoms with E-state index in [1.54, 1.807) is 0 Å². The van der Waals surface area contributed by atoms with Crippen molar-refractivity contribution in [2.75, 3.05) is 13.7 Å². The second-order valence-corrected chi connectivity index (χ2v) is 0.700. The summed E-state index contributed by atoms with van der Waals surface area (Å²) in [5.41, 5.74) is 0. The molecule has 0 atom stereocenters. The molecule has 0 spiro atoms. The Hall–Kier alpha value is -0.343. The number of hydrogen-bond acceptors (Lipinski definition) is 3. The van der Waals surface area contributed by atoms with Crippen molar-refractivity contribution in [2.45, 2.75) is 0 Å². The summed E-state index contributed by atoms with van der Waals surface area (Å²) in [6, 6.07) is 0. The Morgan fingerprint density at radius 2 is 1.56 bits per heavy atom. The topological polar surface area (TPSA) is 38.5 Å². The van der Waals surface area contributed by atoms with Gasteiger partial charge in [-0.25, -0.2) is 0 Å². The Labute approximate surface area is 61.8 Å². The number of halogens is 2. The second kappa shape index (κ2) is 7.66. The van der Waals surface area contributed by atoms with Gasteiger partial charge in [-0.2, -0.15) is 18.5 Å². The summed E-state index contributed by atoms with van der Waals surface area (Å²) in [4.78, 5) is 16.5. The minimum atomic E-state index is -1.33. The molecule has 0 aromatic heterocycles. The predicted octanol–water partition coefficient (Wildman–Crippen LogP) is -0.166. The summed E-state index contributed by atoms with van der Waals surface area (Å²) in [6.45, 7) is -2.66. The van der Waals surface area contributed by atoms with Crippen molar-refractivity contribution >= 4 is 18.9 Å². The monoisotopic (exact) mass is 136 g/mol. The number of rotatable bonds is 4. The van der Waals surface area contributed by atoms with Crippen LogP contribution in [0.25, 0.3) is 0 Å². The van der Waals surface area contributed by atoms with Crippen molar-refractivity contribution in [3.63, 3.8) is 0 Å². The van der Waals surface area contributed by atoms with Gasteiger partial charge in [-0.3, -0.25) is 0 Å². The van der Waals surface area contributed by atoms with Gasteiger partial charge in [0.05, 0.1) is 0 Å². The summed E-state index contributed by atoms with van der Waals surface area (Å²) < 4.78 is 21.8.